The predicted octanol–water partition coefficient (Wildman–Crippen LogP) is 4.84. The standard InChI is InChI=1S/C23H21N3O2/c1-15-24-22-20(26(15)17-9-10-17)12-11-19(16-8-13-21(27)25(2)14-16)23(22)28-18-6-4-3-5-7-18/h3-8,11-14,17H,9-10H2,1-2H3. The van der Waals surface area contributed by atoms with Crippen molar-refractivity contribution in [2.45, 2.75) is 25.8 Å². The molecule has 1 aliphatic carbocycles. The molecule has 0 radical (unpaired) electrons. The Morgan fingerprint density at radius 3 is 2.54 bits per heavy atom. The number of rotatable bonds is 4. The lowest BCUT2D eigenvalue weighted by atomic mass is 10.1. The lowest BCUT2D eigenvalue weighted by Crippen LogP contribution is -2.14. The van der Waals surface area contributed by atoms with Crippen LogP contribution in [-0.2, 0) is 7.05 Å². The molecule has 2 aromatic carbocycles. The molecule has 0 saturated heterocycles. The third-order valence-corrected chi connectivity index (χ3v) is 5.26. The second-order valence-corrected chi connectivity index (χ2v) is 7.35. The van der Waals surface area contributed by atoms with Crippen LogP contribution in [0.5, 0.6) is 11.5 Å². The smallest absolute Gasteiger partial charge is 0.250 e. The van der Waals surface area contributed by atoms with Crippen molar-refractivity contribution in [3.63, 3.8) is 0 Å². The molecular weight excluding hydrogens is 350 g/mol. The van der Waals surface area contributed by atoms with Crippen LogP contribution in [0, 0.1) is 6.92 Å². The van der Waals surface area contributed by atoms with E-state index >= 15 is 0 Å². The molecular formula is C23H21N3O2. The highest BCUT2D eigenvalue weighted by molar-refractivity contribution is 5.91. The van der Waals surface area contributed by atoms with Gasteiger partial charge >= 0.3 is 0 Å². The Balaban J connectivity index is 1.75. The molecule has 1 saturated carbocycles. The molecule has 5 heteroatoms. The van der Waals surface area contributed by atoms with Crippen LogP contribution in [0.1, 0.15) is 24.7 Å². The number of fused-ring (bicyclic) bond motifs is 1. The summed E-state index contributed by atoms with van der Waals surface area (Å²) in [6, 6.07) is 17.9. The van der Waals surface area contributed by atoms with E-state index in [1.807, 2.05) is 42.6 Å². The van der Waals surface area contributed by atoms with Gasteiger partial charge in [-0.25, -0.2) is 4.98 Å². The van der Waals surface area contributed by atoms with Crippen LogP contribution in [0.25, 0.3) is 22.2 Å². The first-order valence-corrected chi connectivity index (χ1v) is 9.53. The van der Waals surface area contributed by atoms with Gasteiger partial charge < -0.3 is 13.9 Å². The second kappa shape index (κ2) is 6.37. The molecule has 0 unspecified atom stereocenters. The van der Waals surface area contributed by atoms with Crippen molar-refractivity contribution >= 4 is 11.0 Å². The van der Waals surface area contributed by atoms with Crippen molar-refractivity contribution in [2.24, 2.45) is 7.05 Å². The molecule has 0 atom stereocenters. The van der Waals surface area contributed by atoms with Gasteiger partial charge in [-0.3, -0.25) is 4.79 Å². The molecule has 28 heavy (non-hydrogen) atoms. The summed E-state index contributed by atoms with van der Waals surface area (Å²) in [5.74, 6) is 2.50. The van der Waals surface area contributed by atoms with Crippen LogP contribution in [0.15, 0.2) is 65.6 Å². The summed E-state index contributed by atoms with van der Waals surface area (Å²) in [6.45, 7) is 2.05. The van der Waals surface area contributed by atoms with Crippen LogP contribution >= 0.6 is 0 Å². The number of benzene rings is 2. The van der Waals surface area contributed by atoms with E-state index in [-0.39, 0.29) is 5.56 Å². The minimum Gasteiger partial charge on any atom is -0.454 e. The molecule has 0 spiro atoms. The number of aryl methyl sites for hydroxylation is 2. The van der Waals surface area contributed by atoms with Gasteiger partial charge in [-0.2, -0.15) is 0 Å². The third kappa shape index (κ3) is 2.80. The summed E-state index contributed by atoms with van der Waals surface area (Å²) in [5, 5.41) is 0. The molecule has 0 bridgehead atoms. The maximum Gasteiger partial charge on any atom is 0.250 e. The molecule has 2 aromatic heterocycles. The quantitative estimate of drug-likeness (QED) is 0.516. The summed E-state index contributed by atoms with van der Waals surface area (Å²) in [6.07, 6.45) is 4.24. The average Bonchev–Trinajstić information content (AvgIpc) is 3.47. The fourth-order valence-electron chi connectivity index (χ4n) is 3.74. The highest BCUT2D eigenvalue weighted by Crippen LogP contribution is 2.43. The fourth-order valence-corrected chi connectivity index (χ4v) is 3.74. The Kier molecular flexibility index (Phi) is 3.83. The van der Waals surface area contributed by atoms with Gasteiger partial charge in [-0.1, -0.05) is 18.2 Å². The number of aromatic nitrogens is 3. The minimum absolute atomic E-state index is 0.0378. The van der Waals surface area contributed by atoms with Crippen LogP contribution in [0.2, 0.25) is 0 Å². The van der Waals surface area contributed by atoms with Gasteiger partial charge in [0.05, 0.1) is 5.52 Å². The first-order valence-electron chi connectivity index (χ1n) is 9.53. The number of para-hydroxylation sites is 1. The predicted molar refractivity (Wildman–Crippen MR) is 110 cm³/mol. The van der Waals surface area contributed by atoms with Gasteiger partial charge in [0.15, 0.2) is 5.75 Å². The molecule has 0 aliphatic heterocycles. The number of hydrogen-bond acceptors (Lipinski definition) is 3. The first-order chi connectivity index (χ1) is 13.6. The largest absolute Gasteiger partial charge is 0.454 e. The Hall–Kier alpha value is -3.34. The maximum atomic E-state index is 11.8. The Bertz CT molecular complexity index is 1230. The van der Waals surface area contributed by atoms with Gasteiger partial charge in [0.2, 0.25) is 5.56 Å². The van der Waals surface area contributed by atoms with Crippen LogP contribution in [0.3, 0.4) is 0 Å². The van der Waals surface area contributed by atoms with E-state index < -0.39 is 0 Å². The number of nitrogens with zero attached hydrogens (tertiary/aromatic N) is 3. The van der Waals surface area contributed by atoms with E-state index in [0.29, 0.717) is 6.04 Å². The van der Waals surface area contributed by atoms with Gasteiger partial charge in [0.25, 0.3) is 0 Å². The van der Waals surface area contributed by atoms with Gasteiger partial charge in [-0.05, 0) is 50.1 Å². The summed E-state index contributed by atoms with van der Waals surface area (Å²) in [7, 11) is 1.76. The zero-order chi connectivity index (χ0) is 19.3. The van der Waals surface area contributed by atoms with Crippen molar-refractivity contribution in [2.75, 3.05) is 0 Å². The van der Waals surface area contributed by atoms with E-state index in [2.05, 4.69) is 23.6 Å². The molecule has 5 rings (SSSR count). The van der Waals surface area contributed by atoms with Gasteiger partial charge in [0.1, 0.15) is 17.1 Å². The highest BCUT2D eigenvalue weighted by Gasteiger charge is 2.28. The van der Waals surface area contributed by atoms with Crippen molar-refractivity contribution in [3.05, 3.63) is 77.0 Å². The van der Waals surface area contributed by atoms with Crippen molar-refractivity contribution in [1.29, 1.82) is 0 Å². The number of ether oxygens (including phenoxy) is 1. The summed E-state index contributed by atoms with van der Waals surface area (Å²) in [4.78, 5) is 16.7. The zero-order valence-corrected chi connectivity index (χ0v) is 15.9. The maximum absolute atomic E-state index is 11.8. The molecule has 5 nitrogen and oxygen atoms in total. The second-order valence-electron chi connectivity index (χ2n) is 7.35. The Labute approximate surface area is 162 Å². The highest BCUT2D eigenvalue weighted by atomic mass is 16.5. The SMILES string of the molecule is Cc1nc2c(Oc3ccccc3)c(-c3ccc(=O)n(C)c3)ccc2n1C1CC1. The van der Waals surface area contributed by atoms with Gasteiger partial charge in [0, 0.05) is 36.5 Å². The van der Waals surface area contributed by atoms with Crippen LogP contribution in [0.4, 0.5) is 0 Å². The lowest BCUT2D eigenvalue weighted by Gasteiger charge is -2.13. The Morgan fingerprint density at radius 2 is 1.82 bits per heavy atom. The van der Waals surface area contributed by atoms with E-state index in [0.717, 1.165) is 39.5 Å². The fraction of sp³-hybridized carbons (Fsp3) is 0.217. The topological polar surface area (TPSA) is 49.0 Å². The zero-order valence-electron chi connectivity index (χ0n) is 15.9. The first kappa shape index (κ1) is 16.8. The minimum atomic E-state index is -0.0378. The monoisotopic (exact) mass is 371 g/mol. The van der Waals surface area contributed by atoms with Crippen LogP contribution < -0.4 is 10.3 Å². The number of imidazole rings is 1. The van der Waals surface area contributed by atoms with E-state index in [1.165, 1.54) is 12.8 Å². The number of hydrogen-bond donors (Lipinski definition) is 0. The molecule has 1 fully saturated rings. The lowest BCUT2D eigenvalue weighted by molar-refractivity contribution is 0.489. The van der Waals surface area contributed by atoms with Gasteiger partial charge in [-0.15, -0.1) is 0 Å². The molecule has 0 N–H and O–H groups in total. The Morgan fingerprint density at radius 1 is 1.04 bits per heavy atom. The van der Waals surface area contributed by atoms with Crippen molar-refractivity contribution < 1.29 is 4.74 Å². The van der Waals surface area contributed by atoms with Crippen molar-refractivity contribution in [1.82, 2.24) is 14.1 Å². The summed E-state index contributed by atoms with van der Waals surface area (Å²) >= 11 is 0. The molecule has 4 aromatic rings. The molecule has 1 aliphatic rings. The van der Waals surface area contributed by atoms with Crippen LogP contribution in [-0.4, -0.2) is 14.1 Å². The molecule has 2 heterocycles. The summed E-state index contributed by atoms with van der Waals surface area (Å²) < 4.78 is 10.3. The average molecular weight is 371 g/mol. The number of pyridine rings is 1. The van der Waals surface area contributed by atoms with E-state index in [1.54, 1.807) is 17.7 Å². The van der Waals surface area contributed by atoms with E-state index in [9.17, 15) is 4.79 Å². The molecule has 140 valence electrons. The molecule has 0 amide bonds. The normalized spacial score (nSPS) is 13.8. The summed E-state index contributed by atoms with van der Waals surface area (Å²) in [5.41, 5.74) is 3.77. The van der Waals surface area contributed by atoms with Crippen molar-refractivity contribution in [3.8, 4) is 22.6 Å². The van der Waals surface area contributed by atoms with E-state index in [4.69, 9.17) is 9.72 Å². The third-order valence-electron chi connectivity index (χ3n) is 5.26.